The van der Waals surface area contributed by atoms with E-state index in [1.165, 1.54) is 71.6 Å². The minimum Gasteiger partial charge on any atom is -0.309 e. The van der Waals surface area contributed by atoms with Gasteiger partial charge in [-0.2, -0.15) is 0 Å². The van der Waals surface area contributed by atoms with Crippen molar-refractivity contribution in [3.05, 3.63) is 200 Å². The molecule has 0 amide bonds. The lowest BCUT2D eigenvalue weighted by atomic mass is 9.97. The molecule has 0 bridgehead atoms. The standard InChI is InChI=1S/C51H33N3/c1-3-14-34(15-4-1)43-33-51(52-46-23-10-7-20-40(43)46)54-48-25-12-9-22-42(48)45-32-38(27-29-50(45)54)36-17-13-16-35(30-36)37-26-28-49-44(31-37)41-21-8-11-24-47(41)53(49)39-18-5-2-6-19-39/h1-33H. The molecule has 0 radical (unpaired) electrons. The molecule has 11 aromatic rings. The Morgan fingerprint density at radius 3 is 1.44 bits per heavy atom. The SMILES string of the molecule is c1ccc(-c2cc(-n3c4ccccc4c4cc(-c5cccc(-c6ccc7c(c6)c6ccccc6n7-c6ccccc6)c5)ccc43)nc3ccccc23)cc1. The van der Waals surface area contributed by atoms with Crippen LogP contribution in [0.3, 0.4) is 0 Å². The van der Waals surface area contributed by atoms with E-state index in [-0.39, 0.29) is 0 Å². The molecule has 0 fully saturated rings. The number of hydrogen-bond acceptors (Lipinski definition) is 1. The van der Waals surface area contributed by atoms with Crippen LogP contribution in [0.25, 0.3) is 99.4 Å². The molecule has 3 heterocycles. The Bertz CT molecular complexity index is 3210. The van der Waals surface area contributed by atoms with Gasteiger partial charge in [-0.15, -0.1) is 0 Å². The van der Waals surface area contributed by atoms with E-state index in [1.54, 1.807) is 0 Å². The van der Waals surface area contributed by atoms with Gasteiger partial charge < -0.3 is 4.57 Å². The van der Waals surface area contributed by atoms with E-state index in [1.807, 2.05) is 0 Å². The fourth-order valence-corrected chi connectivity index (χ4v) is 8.42. The third-order valence-electron chi connectivity index (χ3n) is 10.9. The highest BCUT2D eigenvalue weighted by Gasteiger charge is 2.17. The van der Waals surface area contributed by atoms with E-state index in [0.717, 1.165) is 27.8 Å². The van der Waals surface area contributed by atoms with Crippen molar-refractivity contribution in [2.45, 2.75) is 0 Å². The second-order valence-corrected chi connectivity index (χ2v) is 14.0. The summed E-state index contributed by atoms with van der Waals surface area (Å²) in [4.78, 5) is 5.25. The summed E-state index contributed by atoms with van der Waals surface area (Å²) >= 11 is 0. The van der Waals surface area contributed by atoms with E-state index >= 15 is 0 Å². The number of hydrogen-bond donors (Lipinski definition) is 0. The summed E-state index contributed by atoms with van der Waals surface area (Å²) in [5.41, 5.74) is 14.0. The van der Waals surface area contributed by atoms with Crippen LogP contribution >= 0.6 is 0 Å². The number of benzene rings is 8. The van der Waals surface area contributed by atoms with Crippen molar-refractivity contribution in [1.82, 2.24) is 14.1 Å². The summed E-state index contributed by atoms with van der Waals surface area (Å²) in [6, 6.07) is 72.1. The molecule has 0 saturated carbocycles. The average Bonchev–Trinajstić information content (AvgIpc) is 3.76. The molecule has 54 heavy (non-hydrogen) atoms. The lowest BCUT2D eigenvalue weighted by Crippen LogP contribution is -1.99. The molecule has 0 spiro atoms. The number of rotatable bonds is 5. The van der Waals surface area contributed by atoms with E-state index in [4.69, 9.17) is 4.98 Å². The van der Waals surface area contributed by atoms with Crippen LogP contribution in [0.2, 0.25) is 0 Å². The van der Waals surface area contributed by atoms with Crippen molar-refractivity contribution in [3.63, 3.8) is 0 Å². The van der Waals surface area contributed by atoms with E-state index in [2.05, 4.69) is 209 Å². The number of nitrogens with zero attached hydrogens (tertiary/aromatic N) is 3. The average molecular weight is 688 g/mol. The predicted molar refractivity (Wildman–Crippen MR) is 227 cm³/mol. The third kappa shape index (κ3) is 4.79. The second kappa shape index (κ2) is 12.2. The maximum atomic E-state index is 5.25. The van der Waals surface area contributed by atoms with Crippen LogP contribution in [0.4, 0.5) is 0 Å². The van der Waals surface area contributed by atoms with Crippen LogP contribution in [0.5, 0.6) is 0 Å². The fourth-order valence-electron chi connectivity index (χ4n) is 8.42. The Labute approximate surface area is 312 Å². The molecule has 3 nitrogen and oxygen atoms in total. The normalized spacial score (nSPS) is 11.7. The first-order valence-corrected chi connectivity index (χ1v) is 18.5. The Balaban J connectivity index is 1.04. The summed E-state index contributed by atoms with van der Waals surface area (Å²) in [6.45, 7) is 0. The van der Waals surface area contributed by atoms with Gasteiger partial charge >= 0.3 is 0 Å². The molecule has 0 aliphatic heterocycles. The van der Waals surface area contributed by atoms with Gasteiger partial charge in [-0.1, -0.05) is 133 Å². The maximum absolute atomic E-state index is 5.25. The van der Waals surface area contributed by atoms with Gasteiger partial charge in [0.25, 0.3) is 0 Å². The number of aromatic nitrogens is 3. The lowest BCUT2D eigenvalue weighted by Gasteiger charge is -2.13. The molecule has 0 unspecified atom stereocenters. The van der Waals surface area contributed by atoms with Crippen LogP contribution < -0.4 is 0 Å². The Kier molecular flexibility index (Phi) is 6.86. The number of fused-ring (bicyclic) bond motifs is 7. The molecule has 0 aliphatic carbocycles. The highest BCUT2D eigenvalue weighted by Crippen LogP contribution is 2.39. The molecular weight excluding hydrogens is 655 g/mol. The number of para-hydroxylation sites is 4. The molecule has 3 heteroatoms. The molecule has 0 N–H and O–H groups in total. The number of pyridine rings is 1. The molecule has 11 rings (SSSR count). The van der Waals surface area contributed by atoms with Crippen molar-refractivity contribution in [2.75, 3.05) is 0 Å². The van der Waals surface area contributed by atoms with Crippen LogP contribution in [0.15, 0.2) is 200 Å². The zero-order valence-electron chi connectivity index (χ0n) is 29.4. The highest BCUT2D eigenvalue weighted by molar-refractivity contribution is 6.12. The first-order valence-electron chi connectivity index (χ1n) is 18.5. The fraction of sp³-hybridized carbons (Fsp3) is 0. The van der Waals surface area contributed by atoms with Gasteiger partial charge in [0.2, 0.25) is 0 Å². The Hall–Kier alpha value is -7.23. The van der Waals surface area contributed by atoms with Crippen LogP contribution in [0.1, 0.15) is 0 Å². The van der Waals surface area contributed by atoms with Crippen molar-refractivity contribution >= 4 is 54.5 Å². The molecule has 0 saturated heterocycles. The zero-order valence-corrected chi connectivity index (χ0v) is 29.4. The first-order chi connectivity index (χ1) is 26.8. The topological polar surface area (TPSA) is 22.8 Å². The van der Waals surface area contributed by atoms with E-state index in [9.17, 15) is 0 Å². The summed E-state index contributed by atoms with van der Waals surface area (Å²) in [5, 5.41) is 6.08. The second-order valence-electron chi connectivity index (χ2n) is 14.0. The van der Waals surface area contributed by atoms with Gasteiger partial charge in [-0.05, 0) is 100 Å². The largest absolute Gasteiger partial charge is 0.309 e. The molecule has 3 aromatic heterocycles. The summed E-state index contributed by atoms with van der Waals surface area (Å²) in [6.07, 6.45) is 0. The van der Waals surface area contributed by atoms with Gasteiger partial charge in [-0.25, -0.2) is 4.98 Å². The highest BCUT2D eigenvalue weighted by atomic mass is 15.1. The predicted octanol–water partition coefficient (Wildman–Crippen LogP) is 13.4. The van der Waals surface area contributed by atoms with Crippen molar-refractivity contribution in [1.29, 1.82) is 0 Å². The van der Waals surface area contributed by atoms with Crippen molar-refractivity contribution < 1.29 is 0 Å². The molecule has 0 aliphatic rings. The van der Waals surface area contributed by atoms with Crippen LogP contribution in [-0.4, -0.2) is 14.1 Å². The molecular formula is C51H33N3. The van der Waals surface area contributed by atoms with E-state index in [0.29, 0.717) is 0 Å². The minimum atomic E-state index is 0.914. The van der Waals surface area contributed by atoms with Crippen LogP contribution in [0, 0.1) is 0 Å². The smallest absolute Gasteiger partial charge is 0.138 e. The Morgan fingerprint density at radius 2 is 0.778 bits per heavy atom. The Morgan fingerprint density at radius 1 is 0.296 bits per heavy atom. The molecule has 252 valence electrons. The van der Waals surface area contributed by atoms with Gasteiger partial charge in [0.15, 0.2) is 0 Å². The van der Waals surface area contributed by atoms with Gasteiger partial charge in [-0.3, -0.25) is 4.57 Å². The van der Waals surface area contributed by atoms with Crippen molar-refractivity contribution in [2.24, 2.45) is 0 Å². The van der Waals surface area contributed by atoms with Crippen molar-refractivity contribution in [3.8, 4) is 44.9 Å². The first kappa shape index (κ1) is 30.4. The third-order valence-corrected chi connectivity index (χ3v) is 10.9. The summed E-state index contributed by atoms with van der Waals surface area (Å²) in [5.74, 6) is 0.914. The zero-order chi connectivity index (χ0) is 35.6. The van der Waals surface area contributed by atoms with Crippen LogP contribution in [-0.2, 0) is 0 Å². The lowest BCUT2D eigenvalue weighted by molar-refractivity contribution is 1.10. The summed E-state index contributed by atoms with van der Waals surface area (Å²) < 4.78 is 4.69. The monoisotopic (exact) mass is 687 g/mol. The van der Waals surface area contributed by atoms with Gasteiger partial charge in [0, 0.05) is 32.6 Å². The van der Waals surface area contributed by atoms with E-state index < -0.39 is 0 Å². The maximum Gasteiger partial charge on any atom is 0.138 e. The summed E-state index contributed by atoms with van der Waals surface area (Å²) in [7, 11) is 0. The molecule has 8 aromatic carbocycles. The quantitative estimate of drug-likeness (QED) is 0.177. The minimum absolute atomic E-state index is 0.914. The molecule has 0 atom stereocenters. The van der Waals surface area contributed by atoms with Gasteiger partial charge in [0.05, 0.1) is 27.6 Å². The van der Waals surface area contributed by atoms with Gasteiger partial charge in [0.1, 0.15) is 5.82 Å².